The molecule has 2 rings (SSSR count). The van der Waals surface area contributed by atoms with Gasteiger partial charge in [0.05, 0.1) is 5.69 Å². The molecule has 0 saturated carbocycles. The normalized spacial score (nSPS) is 17.1. The van der Waals surface area contributed by atoms with Gasteiger partial charge in [-0.15, -0.1) is 0 Å². The highest BCUT2D eigenvalue weighted by atomic mass is 79.9. The van der Waals surface area contributed by atoms with Crippen molar-refractivity contribution in [2.75, 3.05) is 25.1 Å². The molecule has 0 amide bonds. The fraction of sp³-hybridized carbons (Fsp3) is 0.500. The van der Waals surface area contributed by atoms with Crippen LogP contribution < -0.4 is 5.32 Å². The van der Waals surface area contributed by atoms with Crippen molar-refractivity contribution in [3.05, 3.63) is 25.6 Å². The molecule has 0 aliphatic carbocycles. The van der Waals surface area contributed by atoms with Gasteiger partial charge in [0.25, 0.3) is 0 Å². The van der Waals surface area contributed by atoms with Crippen LogP contribution in [0.1, 0.15) is 12.8 Å². The minimum absolute atomic E-state index is 0.714. The second-order valence-corrected chi connectivity index (χ2v) is 6.81. The van der Waals surface area contributed by atoms with Gasteiger partial charge in [-0.05, 0) is 62.8 Å². The van der Waals surface area contributed by atoms with Crippen LogP contribution in [0, 0.1) is 5.92 Å². The Bertz CT molecular complexity index is 368. The van der Waals surface area contributed by atoms with Crippen molar-refractivity contribution < 1.29 is 4.74 Å². The summed E-state index contributed by atoms with van der Waals surface area (Å²) in [6, 6.07) is 4.11. The summed E-state index contributed by atoms with van der Waals surface area (Å²) < 4.78 is 8.57. The highest BCUT2D eigenvalue weighted by Gasteiger charge is 2.14. The summed E-state index contributed by atoms with van der Waals surface area (Å²) in [5.74, 6) is 0.714. The SMILES string of the molecule is Brc1cc(Br)c(NCC2CCOCC2)c(Br)c1. The molecular formula is C12H14Br3NO. The van der Waals surface area contributed by atoms with Crippen LogP contribution in [0.3, 0.4) is 0 Å². The molecule has 1 fully saturated rings. The molecule has 1 heterocycles. The minimum Gasteiger partial charge on any atom is -0.383 e. The number of benzene rings is 1. The van der Waals surface area contributed by atoms with Crippen molar-refractivity contribution in [1.29, 1.82) is 0 Å². The van der Waals surface area contributed by atoms with Gasteiger partial charge in [-0.2, -0.15) is 0 Å². The van der Waals surface area contributed by atoms with Crippen LogP contribution in [0.15, 0.2) is 25.6 Å². The van der Waals surface area contributed by atoms with Gasteiger partial charge in [-0.1, -0.05) is 15.9 Å². The summed E-state index contributed by atoms with van der Waals surface area (Å²) in [4.78, 5) is 0. The maximum absolute atomic E-state index is 5.36. The average Bonchev–Trinajstić information content (AvgIpc) is 2.29. The van der Waals surface area contributed by atoms with E-state index in [1.165, 1.54) is 0 Å². The lowest BCUT2D eigenvalue weighted by Crippen LogP contribution is -2.22. The standard InChI is InChI=1S/C12H14Br3NO/c13-9-5-10(14)12(11(15)6-9)16-7-8-1-3-17-4-2-8/h5-6,8,16H,1-4,7H2. The van der Waals surface area contributed by atoms with Crippen LogP contribution in [-0.2, 0) is 4.74 Å². The van der Waals surface area contributed by atoms with Gasteiger partial charge in [-0.3, -0.25) is 0 Å². The number of rotatable bonds is 3. The first-order chi connectivity index (χ1) is 8.16. The molecule has 0 aromatic heterocycles. The van der Waals surface area contributed by atoms with Crippen LogP contribution >= 0.6 is 47.8 Å². The first-order valence-electron chi connectivity index (χ1n) is 5.63. The van der Waals surface area contributed by atoms with E-state index in [-0.39, 0.29) is 0 Å². The third-order valence-electron chi connectivity index (χ3n) is 2.92. The summed E-state index contributed by atoms with van der Waals surface area (Å²) in [5, 5.41) is 3.51. The van der Waals surface area contributed by atoms with Gasteiger partial charge in [0.1, 0.15) is 0 Å². The maximum atomic E-state index is 5.36. The molecule has 17 heavy (non-hydrogen) atoms. The predicted molar refractivity (Wildman–Crippen MR) is 81.6 cm³/mol. The van der Waals surface area contributed by atoms with Gasteiger partial charge in [0.15, 0.2) is 0 Å². The fourth-order valence-electron chi connectivity index (χ4n) is 1.91. The van der Waals surface area contributed by atoms with E-state index in [4.69, 9.17) is 4.74 Å². The molecule has 0 spiro atoms. The van der Waals surface area contributed by atoms with E-state index in [1.54, 1.807) is 0 Å². The molecule has 2 nitrogen and oxygen atoms in total. The van der Waals surface area contributed by atoms with Crippen molar-refractivity contribution in [1.82, 2.24) is 0 Å². The summed E-state index contributed by atoms with van der Waals surface area (Å²) in [6.07, 6.45) is 2.30. The van der Waals surface area contributed by atoms with Crippen LogP contribution in [0.25, 0.3) is 0 Å². The fourth-order valence-corrected chi connectivity index (χ4v) is 4.45. The molecule has 1 aliphatic heterocycles. The quantitative estimate of drug-likeness (QED) is 0.747. The van der Waals surface area contributed by atoms with Gasteiger partial charge >= 0.3 is 0 Å². The number of hydrogen-bond donors (Lipinski definition) is 1. The molecule has 0 unspecified atom stereocenters. The molecule has 0 bridgehead atoms. The highest BCUT2D eigenvalue weighted by Crippen LogP contribution is 2.34. The lowest BCUT2D eigenvalue weighted by Gasteiger charge is -2.23. The Morgan fingerprint density at radius 3 is 2.29 bits per heavy atom. The zero-order valence-corrected chi connectivity index (χ0v) is 14.1. The second-order valence-electron chi connectivity index (χ2n) is 4.18. The lowest BCUT2D eigenvalue weighted by atomic mass is 10.0. The first kappa shape index (κ1) is 13.8. The minimum atomic E-state index is 0.714. The van der Waals surface area contributed by atoms with Gasteiger partial charge < -0.3 is 10.1 Å². The average molecular weight is 428 g/mol. The van der Waals surface area contributed by atoms with Crippen LogP contribution in [0.4, 0.5) is 5.69 Å². The van der Waals surface area contributed by atoms with E-state index < -0.39 is 0 Å². The van der Waals surface area contributed by atoms with Crippen molar-refractivity contribution >= 4 is 53.5 Å². The van der Waals surface area contributed by atoms with E-state index >= 15 is 0 Å². The smallest absolute Gasteiger partial charge is 0.0629 e. The molecule has 1 saturated heterocycles. The number of ether oxygens (including phenoxy) is 1. The molecule has 0 radical (unpaired) electrons. The predicted octanol–water partition coefficient (Wildman–Crippen LogP) is 4.81. The highest BCUT2D eigenvalue weighted by molar-refractivity contribution is 9.11. The second kappa shape index (κ2) is 6.55. The zero-order valence-electron chi connectivity index (χ0n) is 9.31. The van der Waals surface area contributed by atoms with E-state index in [0.29, 0.717) is 5.92 Å². The number of hydrogen-bond acceptors (Lipinski definition) is 2. The van der Waals surface area contributed by atoms with Crippen LogP contribution in [0.5, 0.6) is 0 Å². The summed E-state index contributed by atoms with van der Waals surface area (Å²) in [7, 11) is 0. The number of anilines is 1. The monoisotopic (exact) mass is 425 g/mol. The van der Waals surface area contributed by atoms with Gasteiger partial charge in [-0.25, -0.2) is 0 Å². The third kappa shape index (κ3) is 3.94. The summed E-state index contributed by atoms with van der Waals surface area (Å²) >= 11 is 10.6. The van der Waals surface area contributed by atoms with E-state index in [1.807, 2.05) is 0 Å². The Kier molecular flexibility index (Phi) is 5.33. The van der Waals surface area contributed by atoms with Crippen molar-refractivity contribution in [2.24, 2.45) is 5.92 Å². The topological polar surface area (TPSA) is 21.3 Å². The van der Waals surface area contributed by atoms with Gasteiger partial charge in [0, 0.05) is 33.2 Å². The Hall–Kier alpha value is 0.420. The number of nitrogens with one attached hydrogen (secondary N) is 1. The van der Waals surface area contributed by atoms with Gasteiger partial charge in [0.2, 0.25) is 0 Å². The Morgan fingerprint density at radius 2 is 1.71 bits per heavy atom. The van der Waals surface area contributed by atoms with Crippen molar-refractivity contribution in [2.45, 2.75) is 12.8 Å². The molecule has 1 N–H and O–H groups in total. The van der Waals surface area contributed by atoms with Crippen molar-refractivity contribution in [3.63, 3.8) is 0 Å². The van der Waals surface area contributed by atoms with Crippen LogP contribution in [0.2, 0.25) is 0 Å². The Labute approximate surface area is 127 Å². The Balaban J connectivity index is 1.98. The van der Waals surface area contributed by atoms with E-state index in [9.17, 15) is 0 Å². The van der Waals surface area contributed by atoms with E-state index in [2.05, 4.69) is 65.2 Å². The van der Waals surface area contributed by atoms with Crippen LogP contribution in [-0.4, -0.2) is 19.8 Å². The first-order valence-corrected chi connectivity index (χ1v) is 8.01. The lowest BCUT2D eigenvalue weighted by molar-refractivity contribution is 0.0699. The molecule has 0 atom stereocenters. The molecule has 1 aromatic carbocycles. The largest absolute Gasteiger partial charge is 0.383 e. The molecule has 1 aromatic rings. The molecule has 94 valence electrons. The molecular weight excluding hydrogens is 414 g/mol. The summed E-state index contributed by atoms with van der Waals surface area (Å²) in [5.41, 5.74) is 1.12. The third-order valence-corrected chi connectivity index (χ3v) is 4.62. The summed E-state index contributed by atoms with van der Waals surface area (Å²) in [6.45, 7) is 2.80. The maximum Gasteiger partial charge on any atom is 0.0629 e. The number of halogens is 3. The van der Waals surface area contributed by atoms with Crippen molar-refractivity contribution in [3.8, 4) is 0 Å². The Morgan fingerprint density at radius 1 is 1.12 bits per heavy atom. The molecule has 5 heteroatoms. The molecule has 1 aliphatic rings. The zero-order chi connectivity index (χ0) is 12.3. The van der Waals surface area contributed by atoms with E-state index in [0.717, 1.165) is 51.7 Å².